The molecule has 0 bridgehead atoms. The number of Topliss-reactive ketones (excluding diaryl/α,β-unsaturated/α-hetero) is 1. The Bertz CT molecular complexity index is 1240. The van der Waals surface area contributed by atoms with Crippen molar-refractivity contribution in [1.29, 1.82) is 0 Å². The van der Waals surface area contributed by atoms with Gasteiger partial charge in [0.1, 0.15) is 5.69 Å². The van der Waals surface area contributed by atoms with E-state index in [4.69, 9.17) is 0 Å². The summed E-state index contributed by atoms with van der Waals surface area (Å²) >= 11 is 0. The number of nitrogens with zero attached hydrogens (tertiary/aromatic N) is 2. The standard InChI is InChI=1S/C26H20N2O/c1-16-14-28-24(13-21(16)18-8-4-3-5-9-18)26(29)25-20-11-7-6-10-19(20)22-12-17(2)27-15-23(22)25/h3-15,25H,1-2H3. The number of carbonyl (C=O) groups is 1. The van der Waals surface area contributed by atoms with Crippen LogP contribution in [-0.2, 0) is 0 Å². The van der Waals surface area contributed by atoms with Crippen molar-refractivity contribution in [3.63, 3.8) is 0 Å². The second-order valence-electron chi connectivity index (χ2n) is 7.55. The maximum Gasteiger partial charge on any atom is 0.193 e. The smallest absolute Gasteiger partial charge is 0.193 e. The van der Waals surface area contributed by atoms with Crippen LogP contribution in [0.1, 0.15) is 38.8 Å². The Morgan fingerprint density at radius 3 is 2.34 bits per heavy atom. The van der Waals surface area contributed by atoms with Crippen LogP contribution < -0.4 is 0 Å². The van der Waals surface area contributed by atoms with Gasteiger partial charge in [0.05, 0.1) is 5.92 Å². The Hall–Kier alpha value is -3.59. The maximum absolute atomic E-state index is 13.7. The number of ketones is 1. The summed E-state index contributed by atoms with van der Waals surface area (Å²) < 4.78 is 0. The third kappa shape index (κ3) is 2.87. The molecule has 0 fully saturated rings. The summed E-state index contributed by atoms with van der Waals surface area (Å²) in [4.78, 5) is 22.6. The minimum atomic E-state index is -0.367. The summed E-state index contributed by atoms with van der Waals surface area (Å²) in [5.74, 6) is -0.354. The van der Waals surface area contributed by atoms with Gasteiger partial charge in [-0.2, -0.15) is 0 Å². The fraction of sp³-hybridized carbons (Fsp3) is 0.115. The van der Waals surface area contributed by atoms with Gasteiger partial charge in [-0.05, 0) is 64.9 Å². The molecule has 0 aliphatic heterocycles. The molecule has 0 amide bonds. The van der Waals surface area contributed by atoms with Crippen LogP contribution in [0, 0.1) is 13.8 Å². The van der Waals surface area contributed by atoms with Crippen LogP contribution in [0.25, 0.3) is 22.3 Å². The van der Waals surface area contributed by atoms with Crippen LogP contribution in [0.15, 0.2) is 79.1 Å². The van der Waals surface area contributed by atoms with Crippen LogP contribution >= 0.6 is 0 Å². The molecule has 0 N–H and O–H groups in total. The second kappa shape index (κ2) is 6.78. The first-order chi connectivity index (χ1) is 14.1. The van der Waals surface area contributed by atoms with E-state index < -0.39 is 0 Å². The molecule has 2 heterocycles. The molecule has 1 aliphatic carbocycles. The predicted molar refractivity (Wildman–Crippen MR) is 115 cm³/mol. The molecule has 140 valence electrons. The molecule has 0 saturated heterocycles. The molecule has 0 radical (unpaired) electrons. The van der Waals surface area contributed by atoms with Crippen molar-refractivity contribution in [2.45, 2.75) is 19.8 Å². The average Bonchev–Trinajstić information content (AvgIpc) is 3.08. The third-order valence-electron chi connectivity index (χ3n) is 5.65. The lowest BCUT2D eigenvalue weighted by molar-refractivity contribution is 0.0970. The van der Waals surface area contributed by atoms with E-state index >= 15 is 0 Å². The molecule has 1 unspecified atom stereocenters. The number of carbonyl (C=O) groups excluding carboxylic acids is 1. The van der Waals surface area contributed by atoms with E-state index in [-0.39, 0.29) is 11.7 Å². The minimum Gasteiger partial charge on any atom is -0.291 e. The summed E-state index contributed by atoms with van der Waals surface area (Å²) in [5, 5.41) is 0. The van der Waals surface area contributed by atoms with Crippen molar-refractivity contribution >= 4 is 5.78 Å². The number of fused-ring (bicyclic) bond motifs is 3. The number of pyridine rings is 2. The van der Waals surface area contributed by atoms with Gasteiger partial charge in [0.25, 0.3) is 0 Å². The quantitative estimate of drug-likeness (QED) is 0.427. The van der Waals surface area contributed by atoms with E-state index in [0.29, 0.717) is 5.69 Å². The molecule has 2 aromatic carbocycles. The zero-order valence-electron chi connectivity index (χ0n) is 16.4. The fourth-order valence-corrected chi connectivity index (χ4v) is 4.21. The highest BCUT2D eigenvalue weighted by atomic mass is 16.1. The van der Waals surface area contributed by atoms with Crippen LogP contribution in [-0.4, -0.2) is 15.8 Å². The Labute approximate surface area is 170 Å². The number of aromatic nitrogens is 2. The number of hydrogen-bond donors (Lipinski definition) is 0. The summed E-state index contributed by atoms with van der Waals surface area (Å²) in [6, 6.07) is 22.3. The lowest BCUT2D eigenvalue weighted by Crippen LogP contribution is -2.14. The molecule has 3 heteroatoms. The largest absolute Gasteiger partial charge is 0.291 e. The van der Waals surface area contributed by atoms with Crippen LogP contribution in [0.5, 0.6) is 0 Å². The minimum absolute atomic E-state index is 0.0130. The summed E-state index contributed by atoms with van der Waals surface area (Å²) in [6.07, 6.45) is 3.64. The first-order valence-electron chi connectivity index (χ1n) is 9.75. The first-order valence-corrected chi connectivity index (χ1v) is 9.75. The Balaban J connectivity index is 1.64. The summed E-state index contributed by atoms with van der Waals surface area (Å²) in [7, 11) is 0. The van der Waals surface area contributed by atoms with E-state index in [9.17, 15) is 4.79 Å². The second-order valence-corrected chi connectivity index (χ2v) is 7.55. The number of aryl methyl sites for hydroxylation is 2. The van der Waals surface area contributed by atoms with Crippen molar-refractivity contribution in [1.82, 2.24) is 9.97 Å². The first kappa shape index (κ1) is 17.5. The van der Waals surface area contributed by atoms with E-state index in [0.717, 1.165) is 44.6 Å². The van der Waals surface area contributed by atoms with Gasteiger partial charge in [-0.1, -0.05) is 54.6 Å². The highest BCUT2D eigenvalue weighted by molar-refractivity contribution is 6.06. The van der Waals surface area contributed by atoms with Gasteiger partial charge in [-0.3, -0.25) is 14.8 Å². The third-order valence-corrected chi connectivity index (χ3v) is 5.65. The summed E-state index contributed by atoms with van der Waals surface area (Å²) in [5.41, 5.74) is 8.83. The fourth-order valence-electron chi connectivity index (χ4n) is 4.21. The molecule has 29 heavy (non-hydrogen) atoms. The molecular formula is C26H20N2O. The lowest BCUT2D eigenvalue weighted by Gasteiger charge is -2.14. The number of rotatable bonds is 3. The van der Waals surface area contributed by atoms with Crippen LogP contribution in [0.4, 0.5) is 0 Å². The van der Waals surface area contributed by atoms with Gasteiger partial charge in [-0.25, -0.2) is 0 Å². The maximum atomic E-state index is 13.7. The van der Waals surface area contributed by atoms with Crippen LogP contribution in [0.2, 0.25) is 0 Å². The number of benzene rings is 2. The molecule has 5 rings (SSSR count). The van der Waals surface area contributed by atoms with Crippen LogP contribution in [0.3, 0.4) is 0 Å². The van der Waals surface area contributed by atoms with Gasteiger partial charge >= 0.3 is 0 Å². The molecule has 2 aromatic heterocycles. The molecule has 4 aromatic rings. The molecule has 3 nitrogen and oxygen atoms in total. The molecule has 1 aliphatic rings. The van der Waals surface area contributed by atoms with Crippen molar-refractivity contribution in [2.75, 3.05) is 0 Å². The van der Waals surface area contributed by atoms with Gasteiger partial charge in [0, 0.05) is 18.1 Å². The lowest BCUT2D eigenvalue weighted by atomic mass is 9.90. The highest BCUT2D eigenvalue weighted by Gasteiger charge is 2.35. The Morgan fingerprint density at radius 2 is 1.52 bits per heavy atom. The van der Waals surface area contributed by atoms with Gasteiger partial charge in [-0.15, -0.1) is 0 Å². The van der Waals surface area contributed by atoms with Crippen molar-refractivity contribution < 1.29 is 4.79 Å². The van der Waals surface area contributed by atoms with E-state index in [1.54, 1.807) is 6.20 Å². The highest BCUT2D eigenvalue weighted by Crippen LogP contribution is 2.46. The summed E-state index contributed by atoms with van der Waals surface area (Å²) in [6.45, 7) is 4.00. The van der Waals surface area contributed by atoms with E-state index in [1.165, 1.54) is 0 Å². The predicted octanol–water partition coefficient (Wildman–Crippen LogP) is 5.76. The zero-order chi connectivity index (χ0) is 20.0. The Kier molecular flexibility index (Phi) is 4.09. The van der Waals surface area contributed by atoms with Gasteiger partial charge in [0.15, 0.2) is 5.78 Å². The van der Waals surface area contributed by atoms with Gasteiger partial charge < -0.3 is 0 Å². The van der Waals surface area contributed by atoms with Crippen molar-refractivity contribution in [3.8, 4) is 22.3 Å². The van der Waals surface area contributed by atoms with E-state index in [2.05, 4.69) is 34.2 Å². The normalized spacial score (nSPS) is 14.3. The van der Waals surface area contributed by atoms with Gasteiger partial charge in [0.2, 0.25) is 0 Å². The monoisotopic (exact) mass is 376 g/mol. The average molecular weight is 376 g/mol. The Morgan fingerprint density at radius 1 is 0.759 bits per heavy atom. The van der Waals surface area contributed by atoms with Crippen molar-refractivity contribution in [2.24, 2.45) is 0 Å². The molecule has 0 saturated carbocycles. The van der Waals surface area contributed by atoms with Crippen molar-refractivity contribution in [3.05, 3.63) is 107 Å². The molecular weight excluding hydrogens is 356 g/mol. The number of hydrogen-bond acceptors (Lipinski definition) is 3. The topological polar surface area (TPSA) is 42.9 Å². The van der Waals surface area contributed by atoms with E-state index in [1.807, 2.05) is 62.5 Å². The SMILES string of the molecule is Cc1cc2c(cn1)C(C(=O)c1cc(-c3ccccc3)c(C)cn1)c1ccccc1-2. The molecule has 1 atom stereocenters. The molecule has 0 spiro atoms. The zero-order valence-corrected chi connectivity index (χ0v) is 16.4.